The Morgan fingerprint density at radius 3 is 2.00 bits per heavy atom. The predicted octanol–water partition coefficient (Wildman–Crippen LogP) is 3.34. The molecule has 0 aromatic heterocycles. The van der Waals surface area contributed by atoms with Gasteiger partial charge < -0.3 is 0 Å². The van der Waals surface area contributed by atoms with Crippen LogP contribution >= 0.6 is 0 Å². The highest BCUT2D eigenvalue weighted by molar-refractivity contribution is 6.31. The van der Waals surface area contributed by atoms with Crippen molar-refractivity contribution in [3.05, 3.63) is 12.3 Å². The van der Waals surface area contributed by atoms with Crippen LogP contribution in [0.3, 0.4) is 0 Å². The van der Waals surface area contributed by atoms with Gasteiger partial charge in [-0.15, -0.1) is 0 Å². The van der Waals surface area contributed by atoms with E-state index in [0.29, 0.717) is 5.92 Å². The zero-order valence-corrected chi connectivity index (χ0v) is 9.76. The second-order valence-corrected chi connectivity index (χ2v) is 2.81. The summed E-state index contributed by atoms with van der Waals surface area (Å²) < 4.78 is 0. The number of rotatable bonds is 3. The molecule has 13 heavy (non-hydrogen) atoms. The van der Waals surface area contributed by atoms with Gasteiger partial charge in [0.2, 0.25) is 0 Å². The van der Waals surface area contributed by atoms with Crippen LogP contribution in [0.4, 0.5) is 0 Å². The summed E-state index contributed by atoms with van der Waals surface area (Å²) in [6, 6.07) is 0. The highest BCUT2D eigenvalue weighted by Crippen LogP contribution is 1.99. The molecule has 0 atom stereocenters. The summed E-state index contributed by atoms with van der Waals surface area (Å²) in [5.74, 6) is 0.412. The average Bonchev–Trinajstić information content (AvgIpc) is 2.06. The molecule has 76 valence electrons. The van der Waals surface area contributed by atoms with Crippen LogP contribution in [0.1, 0.15) is 34.6 Å². The Kier molecular flexibility index (Phi) is 10.3. The first kappa shape index (κ1) is 14.6. The summed E-state index contributed by atoms with van der Waals surface area (Å²) >= 11 is 0. The van der Waals surface area contributed by atoms with E-state index in [0.717, 1.165) is 11.4 Å². The molecule has 0 rings (SSSR count). The first-order valence-electron chi connectivity index (χ1n) is 4.74. The largest absolute Gasteiger partial charge is 0.295 e. The molecular formula is C11H22N2. The molecule has 0 fully saturated rings. The van der Waals surface area contributed by atoms with Gasteiger partial charge in [0.15, 0.2) is 0 Å². The Morgan fingerprint density at radius 1 is 1.31 bits per heavy atom. The lowest BCUT2D eigenvalue weighted by Crippen LogP contribution is -2.08. The van der Waals surface area contributed by atoms with E-state index >= 15 is 0 Å². The second kappa shape index (κ2) is 9.17. The second-order valence-electron chi connectivity index (χ2n) is 2.81. The van der Waals surface area contributed by atoms with Gasteiger partial charge in [-0.2, -0.15) is 0 Å². The Bertz CT molecular complexity index is 188. The van der Waals surface area contributed by atoms with Gasteiger partial charge in [0, 0.05) is 19.0 Å². The monoisotopic (exact) mass is 182 g/mol. The fraction of sp³-hybridized carbons (Fsp3) is 0.636. The number of hydrogen-bond donors (Lipinski definition) is 0. The summed E-state index contributed by atoms with van der Waals surface area (Å²) in [5, 5.41) is 0. The third-order valence-corrected chi connectivity index (χ3v) is 1.17. The molecule has 0 saturated carbocycles. The van der Waals surface area contributed by atoms with Crippen LogP contribution in [0.25, 0.3) is 0 Å². The molecule has 0 heterocycles. The molecular weight excluding hydrogens is 160 g/mol. The molecule has 0 bridgehead atoms. The molecule has 0 radical (unpaired) electrons. The zero-order chi connectivity index (χ0) is 10.9. The summed E-state index contributed by atoms with van der Waals surface area (Å²) in [6.45, 7) is 13.8. The van der Waals surface area contributed by atoms with Gasteiger partial charge >= 0.3 is 0 Å². The molecule has 0 aliphatic carbocycles. The van der Waals surface area contributed by atoms with Crippen LogP contribution in [-0.2, 0) is 0 Å². The van der Waals surface area contributed by atoms with E-state index in [1.54, 1.807) is 13.3 Å². The lowest BCUT2D eigenvalue weighted by atomic mass is 10.1. The normalized spacial score (nSPS) is 11.5. The van der Waals surface area contributed by atoms with Crippen molar-refractivity contribution < 1.29 is 0 Å². The van der Waals surface area contributed by atoms with E-state index in [1.165, 1.54) is 0 Å². The molecule has 0 aromatic carbocycles. The summed E-state index contributed by atoms with van der Waals surface area (Å²) in [5.41, 5.74) is 1.81. The first-order chi connectivity index (χ1) is 6.07. The predicted molar refractivity (Wildman–Crippen MR) is 62.9 cm³/mol. The standard InChI is InChI=1S/C9H16N2.C2H6/c1-7(2)9(6-10-5)11-8(3)4;1-2/h6-7H,3H2,1-2,4-5H3;1-2H3. The van der Waals surface area contributed by atoms with Crippen molar-refractivity contribution in [2.45, 2.75) is 34.6 Å². The summed E-state index contributed by atoms with van der Waals surface area (Å²) in [4.78, 5) is 8.15. The maximum atomic E-state index is 4.24. The van der Waals surface area contributed by atoms with Crippen molar-refractivity contribution >= 4 is 11.9 Å². The summed E-state index contributed by atoms with van der Waals surface area (Å²) in [6.07, 6.45) is 1.78. The Labute approximate surface area is 82.5 Å². The number of hydrogen-bond acceptors (Lipinski definition) is 2. The van der Waals surface area contributed by atoms with Crippen molar-refractivity contribution in [1.29, 1.82) is 0 Å². The van der Waals surface area contributed by atoms with Gasteiger partial charge in [-0.3, -0.25) is 9.98 Å². The third-order valence-electron chi connectivity index (χ3n) is 1.17. The van der Waals surface area contributed by atoms with Gasteiger partial charge in [0.25, 0.3) is 0 Å². The Morgan fingerprint density at radius 2 is 1.77 bits per heavy atom. The van der Waals surface area contributed by atoms with Crippen LogP contribution in [0, 0.1) is 5.92 Å². The van der Waals surface area contributed by atoms with E-state index in [1.807, 2.05) is 20.8 Å². The van der Waals surface area contributed by atoms with Crippen LogP contribution in [0.5, 0.6) is 0 Å². The average molecular weight is 182 g/mol. The SMILES string of the molecule is C=C(C)N=C(C=NC)C(C)C.CC. The quantitative estimate of drug-likeness (QED) is 0.598. The number of allylic oxidation sites excluding steroid dienone is 1. The van der Waals surface area contributed by atoms with Gasteiger partial charge in [0.1, 0.15) is 0 Å². The molecule has 2 nitrogen and oxygen atoms in total. The molecule has 0 saturated heterocycles. The Hall–Kier alpha value is -0.920. The van der Waals surface area contributed by atoms with Crippen molar-refractivity contribution in [3.63, 3.8) is 0 Å². The van der Waals surface area contributed by atoms with E-state index in [2.05, 4.69) is 30.4 Å². The summed E-state index contributed by atoms with van der Waals surface area (Å²) in [7, 11) is 1.75. The fourth-order valence-corrected chi connectivity index (χ4v) is 0.660. The molecule has 0 amide bonds. The van der Waals surface area contributed by atoms with E-state index in [-0.39, 0.29) is 0 Å². The molecule has 0 aliphatic heterocycles. The van der Waals surface area contributed by atoms with Crippen LogP contribution < -0.4 is 0 Å². The first-order valence-corrected chi connectivity index (χ1v) is 4.74. The van der Waals surface area contributed by atoms with E-state index < -0.39 is 0 Å². The molecule has 0 spiro atoms. The third kappa shape index (κ3) is 8.99. The lowest BCUT2D eigenvalue weighted by Gasteiger charge is -2.03. The number of nitrogens with zero attached hydrogens (tertiary/aromatic N) is 2. The highest BCUT2D eigenvalue weighted by atomic mass is 14.8. The van der Waals surface area contributed by atoms with E-state index in [9.17, 15) is 0 Å². The van der Waals surface area contributed by atoms with Gasteiger partial charge in [-0.25, -0.2) is 0 Å². The van der Waals surface area contributed by atoms with Crippen molar-refractivity contribution in [1.82, 2.24) is 0 Å². The molecule has 0 unspecified atom stereocenters. The van der Waals surface area contributed by atoms with Gasteiger partial charge in [-0.05, 0) is 12.8 Å². The van der Waals surface area contributed by atoms with Crippen LogP contribution in [-0.4, -0.2) is 19.0 Å². The molecule has 0 aliphatic rings. The minimum atomic E-state index is 0.412. The van der Waals surface area contributed by atoms with Gasteiger partial charge in [0.05, 0.1) is 5.71 Å². The van der Waals surface area contributed by atoms with Crippen LogP contribution in [0.2, 0.25) is 0 Å². The maximum absolute atomic E-state index is 4.24. The van der Waals surface area contributed by atoms with Gasteiger partial charge in [-0.1, -0.05) is 34.3 Å². The molecule has 0 aromatic rings. The molecule has 2 heteroatoms. The zero-order valence-electron chi connectivity index (χ0n) is 9.76. The topological polar surface area (TPSA) is 24.7 Å². The Balaban J connectivity index is 0. The minimum Gasteiger partial charge on any atom is -0.295 e. The van der Waals surface area contributed by atoms with E-state index in [4.69, 9.17) is 0 Å². The fourth-order valence-electron chi connectivity index (χ4n) is 0.660. The minimum absolute atomic E-state index is 0.412. The lowest BCUT2D eigenvalue weighted by molar-refractivity contribution is 0.892. The van der Waals surface area contributed by atoms with Crippen molar-refractivity contribution in [2.75, 3.05) is 7.05 Å². The molecule has 0 N–H and O–H groups in total. The smallest absolute Gasteiger partial charge is 0.0609 e. The van der Waals surface area contributed by atoms with Crippen molar-refractivity contribution in [3.8, 4) is 0 Å². The highest BCUT2D eigenvalue weighted by Gasteiger charge is 2.00. The maximum Gasteiger partial charge on any atom is 0.0609 e. The number of aliphatic imine (C=N–C) groups is 2. The van der Waals surface area contributed by atoms with Crippen molar-refractivity contribution in [2.24, 2.45) is 15.9 Å². The van der Waals surface area contributed by atoms with Crippen LogP contribution in [0.15, 0.2) is 22.3 Å².